The molecule has 0 unspecified atom stereocenters. The molecule has 2 aromatic rings. The number of hydrazone groups is 1. The highest BCUT2D eigenvalue weighted by Crippen LogP contribution is 2.22. The van der Waals surface area contributed by atoms with Crippen LogP contribution >= 0.6 is 0 Å². The number of amidine groups is 1. The highest BCUT2D eigenvalue weighted by atomic mass is 16.3. The van der Waals surface area contributed by atoms with Gasteiger partial charge in [-0.1, -0.05) is 18.2 Å². The van der Waals surface area contributed by atoms with E-state index in [2.05, 4.69) is 20.8 Å². The average molecular weight is 244 g/mol. The fourth-order valence-corrected chi connectivity index (χ4v) is 1.63. The van der Waals surface area contributed by atoms with Crippen molar-refractivity contribution in [3.63, 3.8) is 0 Å². The van der Waals surface area contributed by atoms with E-state index in [9.17, 15) is 9.90 Å². The molecule has 18 heavy (non-hydrogen) atoms. The van der Waals surface area contributed by atoms with E-state index in [0.717, 1.165) is 5.39 Å². The minimum Gasteiger partial charge on any atom is -0.493 e. The highest BCUT2D eigenvalue weighted by Gasteiger charge is 2.09. The molecule has 0 aliphatic rings. The van der Waals surface area contributed by atoms with E-state index in [4.69, 9.17) is 0 Å². The van der Waals surface area contributed by atoms with Crippen LogP contribution in [0.3, 0.4) is 0 Å². The average Bonchev–Trinajstić information content (AvgIpc) is 2.38. The SMILES string of the molecule is CN/N=C(\NC=O)c1cc2ccccc2c(O)n1. The Hall–Kier alpha value is -2.63. The first-order valence-corrected chi connectivity index (χ1v) is 5.30. The van der Waals surface area contributed by atoms with Crippen molar-refractivity contribution in [3.05, 3.63) is 36.0 Å². The number of nitrogens with one attached hydrogen (secondary N) is 2. The minimum atomic E-state index is -0.0976. The molecule has 0 fully saturated rings. The minimum absolute atomic E-state index is 0.0976. The van der Waals surface area contributed by atoms with Gasteiger partial charge < -0.3 is 15.8 Å². The number of aromatic hydroxyl groups is 1. The molecule has 92 valence electrons. The lowest BCUT2D eigenvalue weighted by Gasteiger charge is -2.07. The summed E-state index contributed by atoms with van der Waals surface area (Å²) < 4.78 is 0. The van der Waals surface area contributed by atoms with Crippen LogP contribution in [0.4, 0.5) is 0 Å². The number of carbonyl (C=O) groups is 1. The van der Waals surface area contributed by atoms with Crippen LogP contribution < -0.4 is 10.7 Å². The van der Waals surface area contributed by atoms with E-state index in [1.165, 1.54) is 0 Å². The van der Waals surface area contributed by atoms with Crippen LogP contribution in [0.25, 0.3) is 10.8 Å². The first-order valence-electron chi connectivity index (χ1n) is 5.30. The normalized spacial score (nSPS) is 11.3. The number of nitrogens with zero attached hydrogens (tertiary/aromatic N) is 2. The van der Waals surface area contributed by atoms with Crippen molar-refractivity contribution in [1.29, 1.82) is 0 Å². The second kappa shape index (κ2) is 5.13. The number of rotatable bonds is 3. The van der Waals surface area contributed by atoms with Crippen LogP contribution in [0, 0.1) is 0 Å². The van der Waals surface area contributed by atoms with Gasteiger partial charge in [-0.25, -0.2) is 4.98 Å². The number of pyridine rings is 1. The number of carbonyl (C=O) groups excluding carboxylic acids is 1. The molecule has 0 radical (unpaired) electrons. The van der Waals surface area contributed by atoms with Gasteiger partial charge in [0.05, 0.1) is 0 Å². The van der Waals surface area contributed by atoms with Crippen molar-refractivity contribution < 1.29 is 9.90 Å². The number of benzene rings is 1. The van der Waals surface area contributed by atoms with E-state index in [1.807, 2.05) is 18.2 Å². The van der Waals surface area contributed by atoms with Gasteiger partial charge in [0.2, 0.25) is 12.3 Å². The smallest absolute Gasteiger partial charge is 0.219 e. The van der Waals surface area contributed by atoms with Gasteiger partial charge in [-0.05, 0) is 17.5 Å². The van der Waals surface area contributed by atoms with Gasteiger partial charge in [0, 0.05) is 12.4 Å². The summed E-state index contributed by atoms with van der Waals surface area (Å²) in [5.41, 5.74) is 2.95. The van der Waals surface area contributed by atoms with Crippen LogP contribution in [-0.2, 0) is 4.79 Å². The summed E-state index contributed by atoms with van der Waals surface area (Å²) in [4.78, 5) is 14.5. The van der Waals surface area contributed by atoms with E-state index < -0.39 is 0 Å². The monoisotopic (exact) mass is 244 g/mol. The van der Waals surface area contributed by atoms with Crippen molar-refractivity contribution >= 4 is 23.0 Å². The van der Waals surface area contributed by atoms with Gasteiger partial charge in [-0.15, -0.1) is 0 Å². The molecule has 6 nitrogen and oxygen atoms in total. The summed E-state index contributed by atoms with van der Waals surface area (Å²) in [6.45, 7) is 0. The molecule has 2 rings (SSSR count). The molecule has 0 saturated carbocycles. The van der Waals surface area contributed by atoms with Crippen molar-refractivity contribution in [2.45, 2.75) is 0 Å². The Morgan fingerprint density at radius 1 is 1.44 bits per heavy atom. The summed E-state index contributed by atoms with van der Waals surface area (Å²) in [7, 11) is 1.60. The first-order chi connectivity index (χ1) is 8.76. The zero-order chi connectivity index (χ0) is 13.0. The van der Waals surface area contributed by atoms with Gasteiger partial charge >= 0.3 is 0 Å². The second-order valence-electron chi connectivity index (χ2n) is 3.50. The highest BCUT2D eigenvalue weighted by molar-refractivity contribution is 6.04. The summed E-state index contributed by atoms with van der Waals surface area (Å²) in [5, 5.41) is 17.6. The van der Waals surface area contributed by atoms with E-state index in [-0.39, 0.29) is 11.7 Å². The molecule has 0 aliphatic heterocycles. The maximum absolute atomic E-state index is 10.5. The van der Waals surface area contributed by atoms with Crippen LogP contribution in [0.2, 0.25) is 0 Å². The Kier molecular flexibility index (Phi) is 3.38. The maximum atomic E-state index is 10.5. The van der Waals surface area contributed by atoms with Gasteiger partial charge in [0.1, 0.15) is 5.69 Å². The molecule has 0 bridgehead atoms. The molecular formula is C12H12N4O2. The third kappa shape index (κ3) is 2.22. The molecule has 0 spiro atoms. The number of amides is 1. The summed E-state index contributed by atoms with van der Waals surface area (Å²) >= 11 is 0. The van der Waals surface area contributed by atoms with Gasteiger partial charge in [0.25, 0.3) is 0 Å². The summed E-state index contributed by atoms with van der Waals surface area (Å²) in [5.74, 6) is 0.146. The molecular weight excluding hydrogens is 232 g/mol. The molecule has 0 saturated heterocycles. The fourth-order valence-electron chi connectivity index (χ4n) is 1.63. The molecule has 1 amide bonds. The molecule has 1 heterocycles. The Labute approximate surface area is 103 Å². The number of aromatic nitrogens is 1. The zero-order valence-electron chi connectivity index (χ0n) is 9.71. The molecule has 1 aromatic carbocycles. The number of hydrogen-bond acceptors (Lipinski definition) is 5. The van der Waals surface area contributed by atoms with Crippen LogP contribution in [0.15, 0.2) is 35.4 Å². The van der Waals surface area contributed by atoms with Crippen LogP contribution in [0.1, 0.15) is 5.69 Å². The Morgan fingerprint density at radius 3 is 2.94 bits per heavy atom. The summed E-state index contributed by atoms with van der Waals surface area (Å²) in [6, 6.07) is 9.02. The van der Waals surface area contributed by atoms with E-state index >= 15 is 0 Å². The van der Waals surface area contributed by atoms with Crippen molar-refractivity contribution in [2.75, 3.05) is 7.05 Å². The predicted octanol–water partition coefficient (Wildman–Crippen LogP) is 0.567. The molecule has 1 aromatic heterocycles. The number of hydrogen-bond donors (Lipinski definition) is 3. The lowest BCUT2D eigenvalue weighted by molar-refractivity contribution is -0.108. The molecule has 0 aliphatic carbocycles. The van der Waals surface area contributed by atoms with Gasteiger partial charge in [-0.3, -0.25) is 4.79 Å². The Morgan fingerprint density at radius 2 is 2.22 bits per heavy atom. The first kappa shape index (κ1) is 11.8. The van der Waals surface area contributed by atoms with Gasteiger partial charge in [-0.2, -0.15) is 5.10 Å². The van der Waals surface area contributed by atoms with Crippen molar-refractivity contribution in [1.82, 2.24) is 15.7 Å². The largest absolute Gasteiger partial charge is 0.493 e. The predicted molar refractivity (Wildman–Crippen MR) is 68.2 cm³/mol. The third-order valence-corrected chi connectivity index (χ3v) is 2.38. The lowest BCUT2D eigenvalue weighted by Crippen LogP contribution is -2.26. The van der Waals surface area contributed by atoms with E-state index in [0.29, 0.717) is 17.5 Å². The maximum Gasteiger partial charge on any atom is 0.219 e. The zero-order valence-corrected chi connectivity index (χ0v) is 9.71. The van der Waals surface area contributed by atoms with Gasteiger partial charge in [0.15, 0.2) is 5.84 Å². The lowest BCUT2D eigenvalue weighted by atomic mass is 10.1. The molecule has 6 heteroatoms. The van der Waals surface area contributed by atoms with Crippen molar-refractivity contribution in [3.8, 4) is 5.88 Å². The molecule has 0 atom stereocenters. The molecule has 3 N–H and O–H groups in total. The quantitative estimate of drug-likeness (QED) is 0.319. The number of fused-ring (bicyclic) bond motifs is 1. The van der Waals surface area contributed by atoms with Crippen LogP contribution in [0.5, 0.6) is 5.88 Å². The Balaban J connectivity index is 2.57. The third-order valence-electron chi connectivity index (χ3n) is 2.38. The van der Waals surface area contributed by atoms with Crippen LogP contribution in [-0.4, -0.2) is 29.4 Å². The Bertz CT molecular complexity index is 610. The topological polar surface area (TPSA) is 86.6 Å². The van der Waals surface area contributed by atoms with E-state index in [1.54, 1.807) is 19.2 Å². The standard InChI is InChI=1S/C12H12N4O2/c1-13-16-11(14-7-17)10-6-8-4-2-3-5-9(8)12(18)15-10/h2-7,13H,1H3,(H,15,18)(H,14,16,17). The fraction of sp³-hybridized carbons (Fsp3) is 0.0833. The second-order valence-corrected chi connectivity index (χ2v) is 3.50. The van der Waals surface area contributed by atoms with Crippen molar-refractivity contribution in [2.24, 2.45) is 5.10 Å². The summed E-state index contributed by atoms with van der Waals surface area (Å²) in [6.07, 6.45) is 0.504.